The van der Waals surface area contributed by atoms with Crippen LogP contribution in [0.2, 0.25) is 0 Å². The summed E-state index contributed by atoms with van der Waals surface area (Å²) in [6.45, 7) is 0. The van der Waals surface area contributed by atoms with E-state index in [9.17, 15) is 0 Å². The molecule has 2 aliphatic rings. The second-order valence-corrected chi connectivity index (χ2v) is 6.53. The van der Waals surface area contributed by atoms with Gasteiger partial charge >= 0.3 is 0 Å². The van der Waals surface area contributed by atoms with Gasteiger partial charge in [0.15, 0.2) is 0 Å². The van der Waals surface area contributed by atoms with E-state index >= 15 is 0 Å². The van der Waals surface area contributed by atoms with Crippen LogP contribution in [-0.2, 0) is 0 Å². The Balaban J connectivity index is 1.82. The normalized spacial score (nSPS) is 23.9. The van der Waals surface area contributed by atoms with Crippen LogP contribution >= 0.6 is 0 Å². The molecule has 2 atom stereocenters. The molecule has 0 amide bonds. The molecule has 2 aliphatic carbocycles. The van der Waals surface area contributed by atoms with Crippen LogP contribution in [0, 0.1) is 11.8 Å². The van der Waals surface area contributed by atoms with Crippen LogP contribution < -0.4 is 0 Å². The van der Waals surface area contributed by atoms with Crippen LogP contribution in [0.25, 0.3) is 5.57 Å². The minimum absolute atomic E-state index is 0.637. The number of hydrogen-bond donors (Lipinski definition) is 0. The molecule has 0 bridgehead atoms. The summed E-state index contributed by atoms with van der Waals surface area (Å²) >= 11 is 0. The van der Waals surface area contributed by atoms with E-state index in [-0.39, 0.29) is 0 Å². The predicted molar refractivity (Wildman–Crippen MR) is 97.0 cm³/mol. The first kappa shape index (κ1) is 14.3. The highest BCUT2D eigenvalue weighted by Gasteiger charge is 2.41. The first-order valence-electron chi connectivity index (χ1n) is 8.72. The molecule has 0 heteroatoms. The smallest absolute Gasteiger partial charge is 0.0309 e. The summed E-state index contributed by atoms with van der Waals surface area (Å²) < 4.78 is 0. The number of rotatable bonds is 2. The Kier molecular flexibility index (Phi) is 4.01. The standard InChI is InChI=1S/C23H22/c1-2-10-16-21-20(15-9-1)23(21)17-22(18-11-5-3-6-12-18)19-13-7-4-8-14-19/h3-9,11-15,20-21H,1-2,10,16H2/b15-9-/t20-,21+/m0/s1. The summed E-state index contributed by atoms with van der Waals surface area (Å²) in [6.07, 6.45) is 10.0. The van der Waals surface area contributed by atoms with Gasteiger partial charge in [-0.15, -0.1) is 5.73 Å². The van der Waals surface area contributed by atoms with Crippen LogP contribution in [0.5, 0.6) is 0 Å². The summed E-state index contributed by atoms with van der Waals surface area (Å²) in [5, 5.41) is 0. The molecule has 1 fully saturated rings. The lowest BCUT2D eigenvalue weighted by atomic mass is 9.98. The summed E-state index contributed by atoms with van der Waals surface area (Å²) in [5.74, 6) is 1.37. The Morgan fingerprint density at radius 2 is 1.48 bits per heavy atom. The fourth-order valence-electron chi connectivity index (χ4n) is 3.62. The molecule has 0 radical (unpaired) electrons. The van der Waals surface area contributed by atoms with Gasteiger partial charge in [0, 0.05) is 11.5 Å². The van der Waals surface area contributed by atoms with E-state index in [1.807, 2.05) is 0 Å². The van der Waals surface area contributed by atoms with Gasteiger partial charge in [-0.25, -0.2) is 0 Å². The average Bonchev–Trinajstić information content (AvgIpc) is 3.23. The molecule has 0 spiro atoms. The number of allylic oxidation sites excluding steroid dienone is 3. The largest absolute Gasteiger partial charge is 0.112 e. The van der Waals surface area contributed by atoms with E-state index in [0.29, 0.717) is 5.92 Å². The summed E-state index contributed by atoms with van der Waals surface area (Å²) in [5.41, 5.74) is 9.06. The maximum Gasteiger partial charge on any atom is 0.0309 e. The molecule has 2 aromatic rings. The minimum atomic E-state index is 0.637. The highest BCUT2D eigenvalue weighted by Crippen LogP contribution is 2.50. The van der Waals surface area contributed by atoms with E-state index in [1.54, 1.807) is 0 Å². The Bertz CT molecular complexity index is 717. The topological polar surface area (TPSA) is 0 Å². The maximum atomic E-state index is 3.80. The fraction of sp³-hybridized carbons (Fsp3) is 0.261. The van der Waals surface area contributed by atoms with Crippen molar-refractivity contribution in [1.82, 2.24) is 0 Å². The molecule has 114 valence electrons. The van der Waals surface area contributed by atoms with Gasteiger partial charge in [-0.1, -0.05) is 79.2 Å². The molecule has 0 heterocycles. The lowest BCUT2D eigenvalue weighted by Gasteiger charge is -2.05. The first-order valence-corrected chi connectivity index (χ1v) is 8.72. The fourth-order valence-corrected chi connectivity index (χ4v) is 3.62. The zero-order valence-corrected chi connectivity index (χ0v) is 13.4. The van der Waals surface area contributed by atoms with Crippen molar-refractivity contribution in [2.45, 2.75) is 25.7 Å². The second-order valence-electron chi connectivity index (χ2n) is 6.53. The van der Waals surface area contributed by atoms with Crippen molar-refractivity contribution in [1.29, 1.82) is 0 Å². The van der Waals surface area contributed by atoms with Gasteiger partial charge in [-0.05, 0) is 41.9 Å². The molecule has 0 N–H and O–H groups in total. The van der Waals surface area contributed by atoms with Crippen LogP contribution in [0.4, 0.5) is 0 Å². The SMILES string of the molecule is C(=C(c1ccccc1)c1ccccc1)=C1[C@H]2/C=C\CCCC[C@@H]12. The Morgan fingerprint density at radius 1 is 0.826 bits per heavy atom. The van der Waals surface area contributed by atoms with Gasteiger partial charge < -0.3 is 0 Å². The third-order valence-electron chi connectivity index (χ3n) is 4.96. The molecule has 0 nitrogen and oxygen atoms in total. The van der Waals surface area contributed by atoms with E-state index < -0.39 is 0 Å². The van der Waals surface area contributed by atoms with Gasteiger partial charge in [0.2, 0.25) is 0 Å². The maximum absolute atomic E-state index is 3.80. The van der Waals surface area contributed by atoms with Crippen LogP contribution in [0.3, 0.4) is 0 Å². The Hall–Kier alpha value is -2.30. The third kappa shape index (κ3) is 3.09. The molecule has 0 saturated heterocycles. The van der Waals surface area contributed by atoms with E-state index in [1.165, 1.54) is 48.0 Å². The first-order chi connectivity index (χ1) is 11.4. The van der Waals surface area contributed by atoms with Crippen molar-refractivity contribution in [3.8, 4) is 0 Å². The second kappa shape index (κ2) is 6.44. The lowest BCUT2D eigenvalue weighted by molar-refractivity contribution is 0.611. The van der Waals surface area contributed by atoms with Crippen molar-refractivity contribution in [3.05, 3.63) is 95.2 Å². The number of fused-ring (bicyclic) bond motifs is 1. The van der Waals surface area contributed by atoms with Crippen LogP contribution in [-0.4, -0.2) is 0 Å². The highest BCUT2D eigenvalue weighted by molar-refractivity contribution is 5.80. The molecule has 0 aliphatic heterocycles. The van der Waals surface area contributed by atoms with Crippen molar-refractivity contribution in [2.24, 2.45) is 11.8 Å². The predicted octanol–water partition coefficient (Wildman–Crippen LogP) is 6.02. The van der Waals surface area contributed by atoms with Crippen molar-refractivity contribution in [3.63, 3.8) is 0 Å². The quantitative estimate of drug-likeness (QED) is 0.470. The van der Waals surface area contributed by atoms with Crippen LogP contribution in [0.15, 0.2) is 84.1 Å². The Morgan fingerprint density at radius 3 is 2.13 bits per heavy atom. The Labute approximate surface area is 138 Å². The molecule has 2 aromatic carbocycles. The molecule has 4 rings (SSSR count). The van der Waals surface area contributed by atoms with Crippen molar-refractivity contribution >= 4 is 5.57 Å². The van der Waals surface area contributed by atoms with Gasteiger partial charge in [-0.2, -0.15) is 0 Å². The number of hydrogen-bond acceptors (Lipinski definition) is 0. The van der Waals surface area contributed by atoms with Crippen molar-refractivity contribution in [2.75, 3.05) is 0 Å². The van der Waals surface area contributed by atoms with Crippen molar-refractivity contribution < 1.29 is 0 Å². The van der Waals surface area contributed by atoms with E-state index in [2.05, 4.69) is 78.5 Å². The molecule has 23 heavy (non-hydrogen) atoms. The van der Waals surface area contributed by atoms with E-state index in [0.717, 1.165) is 5.92 Å². The third-order valence-corrected chi connectivity index (χ3v) is 4.96. The van der Waals surface area contributed by atoms with Gasteiger partial charge in [0.05, 0.1) is 0 Å². The van der Waals surface area contributed by atoms with Gasteiger partial charge in [-0.3, -0.25) is 0 Å². The average molecular weight is 298 g/mol. The zero-order chi connectivity index (χ0) is 15.5. The summed E-state index contributed by atoms with van der Waals surface area (Å²) in [4.78, 5) is 0. The lowest BCUT2D eigenvalue weighted by Crippen LogP contribution is -1.86. The monoisotopic (exact) mass is 298 g/mol. The van der Waals surface area contributed by atoms with Gasteiger partial charge in [0.1, 0.15) is 0 Å². The molecule has 0 unspecified atom stereocenters. The summed E-state index contributed by atoms with van der Waals surface area (Å²) in [7, 11) is 0. The number of benzene rings is 2. The van der Waals surface area contributed by atoms with Crippen LogP contribution in [0.1, 0.15) is 36.8 Å². The highest BCUT2D eigenvalue weighted by atomic mass is 14.4. The zero-order valence-electron chi connectivity index (χ0n) is 13.4. The summed E-state index contributed by atoms with van der Waals surface area (Å²) in [6, 6.07) is 21.4. The van der Waals surface area contributed by atoms with Gasteiger partial charge in [0.25, 0.3) is 0 Å². The molecular formula is C23H22. The molecule has 0 aromatic heterocycles. The van der Waals surface area contributed by atoms with E-state index in [4.69, 9.17) is 0 Å². The minimum Gasteiger partial charge on any atom is -0.112 e. The molecular weight excluding hydrogens is 276 g/mol. The molecule has 1 saturated carbocycles.